The standard InChI is InChI=1S/C28H24N2/c1-15-8-5-9-16(2)22(15)21-14-19-12-7-13-20-24(19)26(28(30)27(20)29)25(21)23-17(3)10-6-11-18(23)4/h5-14,29-30H,1-4H3. The summed E-state index contributed by atoms with van der Waals surface area (Å²) in [4.78, 5) is 0. The quantitative estimate of drug-likeness (QED) is 0.366. The van der Waals surface area contributed by atoms with Gasteiger partial charge in [0.1, 0.15) is 0 Å². The van der Waals surface area contributed by atoms with Crippen LogP contribution in [0.15, 0.2) is 60.7 Å². The molecule has 30 heavy (non-hydrogen) atoms. The zero-order chi connectivity index (χ0) is 21.2. The van der Waals surface area contributed by atoms with Gasteiger partial charge < -0.3 is 0 Å². The molecule has 0 bridgehead atoms. The maximum absolute atomic E-state index is 8.90. The number of nitrogens with one attached hydrogen (secondary N) is 2. The molecule has 0 spiro atoms. The summed E-state index contributed by atoms with van der Waals surface area (Å²) in [6.45, 7) is 8.60. The molecule has 0 unspecified atom stereocenters. The molecule has 5 rings (SSSR count). The summed E-state index contributed by atoms with van der Waals surface area (Å²) in [7, 11) is 0. The summed E-state index contributed by atoms with van der Waals surface area (Å²) < 4.78 is 0. The molecule has 1 aliphatic rings. The highest BCUT2D eigenvalue weighted by Gasteiger charge is 2.31. The van der Waals surface area contributed by atoms with Crippen LogP contribution in [0.1, 0.15) is 33.4 Å². The lowest BCUT2D eigenvalue weighted by Crippen LogP contribution is -2.09. The first-order valence-corrected chi connectivity index (χ1v) is 10.3. The number of hydrogen-bond donors (Lipinski definition) is 2. The first-order valence-electron chi connectivity index (χ1n) is 10.3. The van der Waals surface area contributed by atoms with Gasteiger partial charge in [-0.05, 0) is 78.1 Å². The van der Waals surface area contributed by atoms with Gasteiger partial charge in [-0.3, -0.25) is 10.8 Å². The molecule has 4 aromatic rings. The molecule has 2 heteroatoms. The molecule has 0 saturated heterocycles. The van der Waals surface area contributed by atoms with Crippen LogP contribution in [0.4, 0.5) is 0 Å². The van der Waals surface area contributed by atoms with Crippen molar-refractivity contribution in [2.45, 2.75) is 27.7 Å². The van der Waals surface area contributed by atoms with Crippen molar-refractivity contribution >= 4 is 22.2 Å². The Morgan fingerprint density at radius 2 is 1.03 bits per heavy atom. The summed E-state index contributed by atoms with van der Waals surface area (Å²) in [5.41, 5.74) is 11.9. The van der Waals surface area contributed by atoms with Crippen LogP contribution in [0.5, 0.6) is 0 Å². The van der Waals surface area contributed by atoms with Crippen LogP contribution in [0.3, 0.4) is 0 Å². The Labute approximate surface area is 177 Å². The first kappa shape index (κ1) is 18.5. The van der Waals surface area contributed by atoms with E-state index in [9.17, 15) is 0 Å². The summed E-state index contributed by atoms with van der Waals surface area (Å²) in [5.74, 6) is 0. The van der Waals surface area contributed by atoms with E-state index in [2.05, 4.69) is 76.2 Å². The third kappa shape index (κ3) is 2.43. The van der Waals surface area contributed by atoms with Gasteiger partial charge in [0.2, 0.25) is 0 Å². The first-order chi connectivity index (χ1) is 14.4. The highest BCUT2D eigenvalue weighted by molar-refractivity contribution is 6.60. The normalized spacial score (nSPS) is 12.8. The van der Waals surface area contributed by atoms with E-state index >= 15 is 0 Å². The molecule has 0 aliphatic heterocycles. The molecule has 1 aliphatic carbocycles. The minimum atomic E-state index is 0.321. The van der Waals surface area contributed by atoms with Gasteiger partial charge in [-0.1, -0.05) is 54.6 Å². The van der Waals surface area contributed by atoms with E-state index < -0.39 is 0 Å². The lowest BCUT2D eigenvalue weighted by Gasteiger charge is -2.21. The van der Waals surface area contributed by atoms with Gasteiger partial charge in [0.15, 0.2) is 0 Å². The van der Waals surface area contributed by atoms with Crippen molar-refractivity contribution in [2.75, 3.05) is 0 Å². The predicted octanol–water partition coefficient (Wildman–Crippen LogP) is 7.16. The minimum absolute atomic E-state index is 0.321. The fourth-order valence-electron chi connectivity index (χ4n) is 5.08. The average Bonchev–Trinajstić information content (AvgIpc) is 2.96. The van der Waals surface area contributed by atoms with Crippen LogP contribution in [-0.2, 0) is 0 Å². The van der Waals surface area contributed by atoms with Crippen LogP contribution in [-0.4, -0.2) is 11.4 Å². The molecule has 146 valence electrons. The van der Waals surface area contributed by atoms with Gasteiger partial charge in [-0.15, -0.1) is 0 Å². The maximum atomic E-state index is 8.90. The lowest BCUT2D eigenvalue weighted by molar-refractivity contribution is 1.35. The Morgan fingerprint density at radius 1 is 0.500 bits per heavy atom. The molecule has 0 aromatic heterocycles. The van der Waals surface area contributed by atoms with Crippen LogP contribution in [0.2, 0.25) is 0 Å². The predicted molar refractivity (Wildman–Crippen MR) is 127 cm³/mol. The smallest absolute Gasteiger partial charge is 0.0880 e. The fraction of sp³-hybridized carbons (Fsp3) is 0.143. The molecule has 4 aromatic carbocycles. The largest absolute Gasteiger partial charge is 0.298 e. The SMILES string of the molecule is Cc1cccc(C)c1-c1cc2cccc3c2c(c1-c1c(C)cccc1C)C(=N)C3=N. The minimum Gasteiger partial charge on any atom is -0.298 e. The second-order valence-electron chi connectivity index (χ2n) is 8.36. The molecule has 0 atom stereocenters. The van der Waals surface area contributed by atoms with Gasteiger partial charge in [-0.2, -0.15) is 0 Å². The summed E-state index contributed by atoms with van der Waals surface area (Å²) in [6.07, 6.45) is 0. The van der Waals surface area contributed by atoms with E-state index in [4.69, 9.17) is 10.8 Å². The van der Waals surface area contributed by atoms with E-state index in [1.165, 1.54) is 33.4 Å². The van der Waals surface area contributed by atoms with E-state index in [0.29, 0.717) is 11.4 Å². The van der Waals surface area contributed by atoms with Gasteiger partial charge in [0.05, 0.1) is 11.4 Å². The van der Waals surface area contributed by atoms with Gasteiger partial charge in [0, 0.05) is 22.1 Å². The second-order valence-corrected chi connectivity index (χ2v) is 8.36. The Balaban J connectivity index is 2.06. The molecule has 0 amide bonds. The van der Waals surface area contributed by atoms with Crippen LogP contribution in [0.25, 0.3) is 33.0 Å². The lowest BCUT2D eigenvalue weighted by atomic mass is 9.81. The van der Waals surface area contributed by atoms with Crippen molar-refractivity contribution in [2.24, 2.45) is 0 Å². The highest BCUT2D eigenvalue weighted by Crippen LogP contribution is 2.46. The van der Waals surface area contributed by atoms with Crippen LogP contribution in [0, 0.1) is 38.5 Å². The number of rotatable bonds is 2. The van der Waals surface area contributed by atoms with E-state index in [0.717, 1.165) is 33.0 Å². The van der Waals surface area contributed by atoms with E-state index in [1.807, 2.05) is 12.1 Å². The highest BCUT2D eigenvalue weighted by atomic mass is 14.6. The van der Waals surface area contributed by atoms with Crippen molar-refractivity contribution in [3.8, 4) is 22.3 Å². The van der Waals surface area contributed by atoms with E-state index in [-0.39, 0.29) is 0 Å². The van der Waals surface area contributed by atoms with Gasteiger partial charge >= 0.3 is 0 Å². The van der Waals surface area contributed by atoms with Crippen molar-refractivity contribution in [1.82, 2.24) is 0 Å². The number of hydrogen-bond acceptors (Lipinski definition) is 2. The third-order valence-electron chi connectivity index (χ3n) is 6.42. The molecule has 2 nitrogen and oxygen atoms in total. The average molecular weight is 389 g/mol. The zero-order valence-electron chi connectivity index (χ0n) is 17.8. The van der Waals surface area contributed by atoms with Crippen molar-refractivity contribution < 1.29 is 0 Å². The number of aryl methyl sites for hydroxylation is 4. The van der Waals surface area contributed by atoms with Crippen LogP contribution < -0.4 is 0 Å². The fourth-order valence-corrected chi connectivity index (χ4v) is 5.08. The molecular weight excluding hydrogens is 364 g/mol. The molecule has 0 saturated carbocycles. The summed E-state index contributed by atoms with van der Waals surface area (Å²) in [6, 6.07) is 21.1. The van der Waals surface area contributed by atoms with Crippen molar-refractivity contribution in [3.05, 3.63) is 94.0 Å². The van der Waals surface area contributed by atoms with Crippen LogP contribution >= 0.6 is 0 Å². The molecular formula is C28H24N2. The van der Waals surface area contributed by atoms with Crippen molar-refractivity contribution in [3.63, 3.8) is 0 Å². The molecule has 0 fully saturated rings. The molecule has 0 radical (unpaired) electrons. The van der Waals surface area contributed by atoms with Crippen molar-refractivity contribution in [1.29, 1.82) is 10.8 Å². The van der Waals surface area contributed by atoms with Gasteiger partial charge in [0.25, 0.3) is 0 Å². The summed E-state index contributed by atoms with van der Waals surface area (Å²) in [5, 5.41) is 19.7. The Bertz CT molecular complexity index is 1370. The monoisotopic (exact) mass is 388 g/mol. The summed E-state index contributed by atoms with van der Waals surface area (Å²) >= 11 is 0. The van der Waals surface area contributed by atoms with Gasteiger partial charge in [-0.25, -0.2) is 0 Å². The topological polar surface area (TPSA) is 47.7 Å². The Kier molecular flexibility index (Phi) is 4.01. The second kappa shape index (κ2) is 6.50. The Hall–Kier alpha value is -3.52. The maximum Gasteiger partial charge on any atom is 0.0880 e. The zero-order valence-corrected chi connectivity index (χ0v) is 17.8. The Morgan fingerprint density at radius 3 is 1.63 bits per heavy atom. The van der Waals surface area contributed by atoms with E-state index in [1.54, 1.807) is 0 Å². The third-order valence-corrected chi connectivity index (χ3v) is 6.42. The molecule has 0 heterocycles. The number of benzene rings is 4. The molecule has 2 N–H and O–H groups in total.